The summed E-state index contributed by atoms with van der Waals surface area (Å²) >= 11 is 3.45. The highest BCUT2D eigenvalue weighted by Crippen LogP contribution is 2.37. The number of amides is 1. The van der Waals surface area contributed by atoms with E-state index in [1.165, 1.54) is 5.56 Å². The second-order valence-corrected chi connectivity index (χ2v) is 6.45. The highest BCUT2D eigenvalue weighted by molar-refractivity contribution is 9.10. The van der Waals surface area contributed by atoms with E-state index in [0.29, 0.717) is 12.0 Å². The van der Waals surface area contributed by atoms with E-state index in [1.807, 2.05) is 6.92 Å². The predicted octanol–water partition coefficient (Wildman–Crippen LogP) is 2.76. The molecule has 0 aromatic heterocycles. The van der Waals surface area contributed by atoms with E-state index < -0.39 is 0 Å². The van der Waals surface area contributed by atoms with Crippen LogP contribution in [-0.4, -0.2) is 37.0 Å². The van der Waals surface area contributed by atoms with E-state index >= 15 is 0 Å². The summed E-state index contributed by atoms with van der Waals surface area (Å²) in [5.41, 5.74) is 1.40. The SMILES string of the molecule is C[C@H](NC1CC(c2ccc(Br)cc2)C1)C(=O)N(C)C. The zero-order valence-electron chi connectivity index (χ0n) is 11.7. The van der Waals surface area contributed by atoms with Crippen LogP contribution in [0.1, 0.15) is 31.2 Å². The fourth-order valence-corrected chi connectivity index (χ4v) is 2.84. The van der Waals surface area contributed by atoms with Gasteiger partial charge in [-0.2, -0.15) is 0 Å². The minimum absolute atomic E-state index is 0.0918. The Labute approximate surface area is 123 Å². The van der Waals surface area contributed by atoms with E-state index in [1.54, 1.807) is 19.0 Å². The van der Waals surface area contributed by atoms with Crippen molar-refractivity contribution in [3.8, 4) is 0 Å². The molecule has 0 spiro atoms. The first kappa shape index (κ1) is 14.5. The molecule has 1 saturated carbocycles. The van der Waals surface area contributed by atoms with Crippen molar-refractivity contribution >= 4 is 21.8 Å². The third-order valence-electron chi connectivity index (χ3n) is 3.78. The van der Waals surface area contributed by atoms with E-state index in [2.05, 4.69) is 45.5 Å². The van der Waals surface area contributed by atoms with Crippen LogP contribution in [-0.2, 0) is 4.79 Å². The number of rotatable bonds is 4. The third-order valence-corrected chi connectivity index (χ3v) is 4.31. The Balaban J connectivity index is 1.80. The average molecular weight is 325 g/mol. The molecule has 1 atom stereocenters. The molecule has 3 nitrogen and oxygen atoms in total. The van der Waals surface area contributed by atoms with Gasteiger partial charge in [-0.05, 0) is 43.4 Å². The molecule has 2 rings (SSSR count). The smallest absolute Gasteiger partial charge is 0.238 e. The maximum absolute atomic E-state index is 11.8. The van der Waals surface area contributed by atoms with Crippen LogP contribution in [0.15, 0.2) is 28.7 Å². The number of hydrogen-bond donors (Lipinski definition) is 1. The minimum atomic E-state index is -0.0918. The molecular weight excluding hydrogens is 304 g/mol. The summed E-state index contributed by atoms with van der Waals surface area (Å²) in [4.78, 5) is 13.4. The quantitative estimate of drug-likeness (QED) is 0.923. The molecule has 0 unspecified atom stereocenters. The lowest BCUT2D eigenvalue weighted by Crippen LogP contribution is -2.50. The standard InChI is InChI=1S/C15H21BrN2O/c1-10(15(19)18(2)3)17-14-8-12(9-14)11-4-6-13(16)7-5-11/h4-7,10,12,14,17H,8-9H2,1-3H3/t10-,12?,14?/m0/s1. The lowest BCUT2D eigenvalue weighted by atomic mass is 9.75. The van der Waals surface area contributed by atoms with Gasteiger partial charge in [-0.3, -0.25) is 4.79 Å². The van der Waals surface area contributed by atoms with E-state index in [-0.39, 0.29) is 11.9 Å². The summed E-state index contributed by atoms with van der Waals surface area (Å²) in [6.45, 7) is 1.94. The molecule has 4 heteroatoms. The van der Waals surface area contributed by atoms with Crippen molar-refractivity contribution in [2.24, 2.45) is 0 Å². The number of nitrogens with zero attached hydrogens (tertiary/aromatic N) is 1. The van der Waals surface area contributed by atoms with Gasteiger partial charge in [0, 0.05) is 24.6 Å². The van der Waals surface area contributed by atoms with Crippen LogP contribution in [0.4, 0.5) is 0 Å². The van der Waals surface area contributed by atoms with Crippen LogP contribution < -0.4 is 5.32 Å². The molecule has 1 fully saturated rings. The number of likely N-dealkylation sites (N-methyl/N-ethyl adjacent to an activating group) is 1. The second kappa shape index (κ2) is 6.06. The normalized spacial score (nSPS) is 23.6. The Kier molecular flexibility index (Phi) is 4.63. The number of carbonyl (C=O) groups is 1. The van der Waals surface area contributed by atoms with Crippen molar-refractivity contribution in [3.05, 3.63) is 34.3 Å². The zero-order valence-corrected chi connectivity index (χ0v) is 13.3. The van der Waals surface area contributed by atoms with Crippen LogP contribution in [0.2, 0.25) is 0 Å². The van der Waals surface area contributed by atoms with Gasteiger partial charge in [-0.1, -0.05) is 28.1 Å². The van der Waals surface area contributed by atoms with Gasteiger partial charge in [0.1, 0.15) is 0 Å². The summed E-state index contributed by atoms with van der Waals surface area (Å²) < 4.78 is 1.12. The molecule has 1 aliphatic rings. The molecule has 1 amide bonds. The molecule has 0 heterocycles. The Hall–Kier alpha value is -0.870. The predicted molar refractivity (Wildman–Crippen MR) is 81.2 cm³/mol. The summed E-state index contributed by atoms with van der Waals surface area (Å²) in [5, 5.41) is 3.41. The van der Waals surface area contributed by atoms with Crippen LogP contribution in [0.5, 0.6) is 0 Å². The second-order valence-electron chi connectivity index (χ2n) is 5.54. The third kappa shape index (κ3) is 3.57. The van der Waals surface area contributed by atoms with Crippen molar-refractivity contribution in [1.29, 1.82) is 0 Å². The van der Waals surface area contributed by atoms with Gasteiger partial charge in [0.05, 0.1) is 6.04 Å². The first-order chi connectivity index (χ1) is 8.97. The highest BCUT2D eigenvalue weighted by Gasteiger charge is 2.32. The Bertz CT molecular complexity index is 438. The molecule has 1 aromatic rings. The Morgan fingerprint density at radius 2 is 1.89 bits per heavy atom. The topological polar surface area (TPSA) is 32.3 Å². The molecule has 1 aliphatic carbocycles. The lowest BCUT2D eigenvalue weighted by Gasteiger charge is -2.38. The maximum atomic E-state index is 11.8. The Morgan fingerprint density at radius 3 is 2.42 bits per heavy atom. The van der Waals surface area contributed by atoms with E-state index in [9.17, 15) is 4.79 Å². The van der Waals surface area contributed by atoms with Gasteiger partial charge >= 0.3 is 0 Å². The van der Waals surface area contributed by atoms with E-state index in [0.717, 1.165) is 17.3 Å². The largest absolute Gasteiger partial charge is 0.347 e. The molecule has 0 saturated heterocycles. The first-order valence-corrected chi connectivity index (χ1v) is 7.49. The van der Waals surface area contributed by atoms with Gasteiger partial charge in [0.15, 0.2) is 0 Å². The first-order valence-electron chi connectivity index (χ1n) is 6.70. The summed E-state index contributed by atoms with van der Waals surface area (Å²) in [7, 11) is 3.60. The van der Waals surface area contributed by atoms with Crippen molar-refractivity contribution in [3.63, 3.8) is 0 Å². The fraction of sp³-hybridized carbons (Fsp3) is 0.533. The fourth-order valence-electron chi connectivity index (χ4n) is 2.57. The highest BCUT2D eigenvalue weighted by atomic mass is 79.9. The van der Waals surface area contributed by atoms with Gasteiger partial charge in [-0.15, -0.1) is 0 Å². The number of nitrogens with one attached hydrogen (secondary N) is 1. The molecule has 19 heavy (non-hydrogen) atoms. The number of halogens is 1. The van der Waals surface area contributed by atoms with Gasteiger partial charge in [0.25, 0.3) is 0 Å². The molecule has 0 radical (unpaired) electrons. The van der Waals surface area contributed by atoms with Gasteiger partial charge in [-0.25, -0.2) is 0 Å². The van der Waals surface area contributed by atoms with E-state index in [4.69, 9.17) is 0 Å². The van der Waals surface area contributed by atoms with Crippen molar-refractivity contribution in [1.82, 2.24) is 10.2 Å². The molecule has 104 valence electrons. The monoisotopic (exact) mass is 324 g/mol. The molecule has 0 bridgehead atoms. The van der Waals surface area contributed by atoms with Crippen LogP contribution in [0.3, 0.4) is 0 Å². The van der Waals surface area contributed by atoms with Gasteiger partial charge < -0.3 is 10.2 Å². The molecule has 0 aliphatic heterocycles. The Morgan fingerprint density at radius 1 is 1.32 bits per heavy atom. The summed E-state index contributed by atoms with van der Waals surface area (Å²) in [6.07, 6.45) is 2.24. The molecular formula is C15H21BrN2O. The average Bonchev–Trinajstić information content (AvgIpc) is 2.33. The zero-order chi connectivity index (χ0) is 14.0. The van der Waals surface area contributed by atoms with Crippen LogP contribution in [0.25, 0.3) is 0 Å². The van der Waals surface area contributed by atoms with Crippen molar-refractivity contribution in [2.75, 3.05) is 14.1 Å². The van der Waals surface area contributed by atoms with Crippen LogP contribution >= 0.6 is 15.9 Å². The maximum Gasteiger partial charge on any atom is 0.238 e. The summed E-state index contributed by atoms with van der Waals surface area (Å²) in [6, 6.07) is 8.92. The van der Waals surface area contributed by atoms with Gasteiger partial charge in [0.2, 0.25) is 5.91 Å². The molecule has 1 N–H and O–H groups in total. The van der Waals surface area contributed by atoms with Crippen molar-refractivity contribution in [2.45, 2.75) is 37.8 Å². The number of hydrogen-bond acceptors (Lipinski definition) is 2. The van der Waals surface area contributed by atoms with Crippen LogP contribution in [0, 0.1) is 0 Å². The summed E-state index contributed by atoms with van der Waals surface area (Å²) in [5.74, 6) is 0.777. The number of benzene rings is 1. The van der Waals surface area contributed by atoms with Crippen molar-refractivity contribution < 1.29 is 4.79 Å². The molecule has 1 aromatic carbocycles. The lowest BCUT2D eigenvalue weighted by molar-refractivity contribution is -0.130. The number of carbonyl (C=O) groups excluding carboxylic acids is 1. The minimum Gasteiger partial charge on any atom is -0.347 e.